The van der Waals surface area contributed by atoms with Crippen LogP contribution in [0.25, 0.3) is 5.57 Å². The topological polar surface area (TPSA) is 26.0 Å². The van der Waals surface area contributed by atoms with Gasteiger partial charge in [-0.15, -0.1) is 0 Å². The first-order valence-corrected chi connectivity index (χ1v) is 5.24. The predicted molar refractivity (Wildman–Crippen MR) is 64.2 cm³/mol. The third-order valence-corrected chi connectivity index (χ3v) is 2.39. The zero-order chi connectivity index (χ0) is 10.6. The van der Waals surface area contributed by atoms with Gasteiger partial charge in [0.1, 0.15) is 0 Å². The second-order valence-corrected chi connectivity index (χ2v) is 3.61. The number of hydrogen-bond acceptors (Lipinski definition) is 1. The Balaban J connectivity index is 3.09. The maximum Gasteiger partial charge on any atom is 0.0322 e. The van der Waals surface area contributed by atoms with Gasteiger partial charge in [0.2, 0.25) is 0 Å². The Bertz CT molecular complexity index is 337. The molecule has 0 saturated carbocycles. The normalized spacial score (nSPS) is 11.8. The van der Waals surface area contributed by atoms with E-state index in [2.05, 4.69) is 32.9 Å². The number of aryl methyl sites for hydroxylation is 1. The summed E-state index contributed by atoms with van der Waals surface area (Å²) < 4.78 is 0. The second kappa shape index (κ2) is 4.85. The maximum atomic E-state index is 5.84. The number of benzene rings is 1. The van der Waals surface area contributed by atoms with Crippen molar-refractivity contribution in [2.24, 2.45) is 0 Å². The fourth-order valence-corrected chi connectivity index (χ4v) is 1.57. The number of nitrogens with two attached hydrogens (primary N) is 1. The first-order chi connectivity index (χ1) is 6.67. The average Bonchev–Trinajstić information content (AvgIpc) is 2.17. The van der Waals surface area contributed by atoms with Crippen molar-refractivity contribution >= 4 is 11.3 Å². The molecule has 14 heavy (non-hydrogen) atoms. The largest absolute Gasteiger partial charge is 0.399 e. The first-order valence-electron chi connectivity index (χ1n) is 5.24. The van der Waals surface area contributed by atoms with E-state index in [1.54, 1.807) is 0 Å². The SMILES string of the molecule is CC/C=C(\C)c1cc(N)cc(CC)c1. The summed E-state index contributed by atoms with van der Waals surface area (Å²) in [4.78, 5) is 0. The minimum atomic E-state index is 0.864. The third-order valence-electron chi connectivity index (χ3n) is 2.39. The fourth-order valence-electron chi connectivity index (χ4n) is 1.57. The van der Waals surface area contributed by atoms with Crippen LogP contribution < -0.4 is 5.73 Å². The maximum absolute atomic E-state index is 5.84. The van der Waals surface area contributed by atoms with Crippen LogP contribution in [0.5, 0.6) is 0 Å². The highest BCUT2D eigenvalue weighted by Crippen LogP contribution is 2.20. The molecule has 0 bridgehead atoms. The predicted octanol–water partition coefficient (Wildman–Crippen LogP) is 3.64. The smallest absolute Gasteiger partial charge is 0.0322 e. The summed E-state index contributed by atoms with van der Waals surface area (Å²) in [5, 5.41) is 0. The van der Waals surface area contributed by atoms with Gasteiger partial charge in [-0.1, -0.05) is 26.0 Å². The molecule has 1 aromatic rings. The molecular formula is C13H19N. The van der Waals surface area contributed by atoms with Gasteiger partial charge in [-0.2, -0.15) is 0 Å². The molecule has 0 saturated heterocycles. The van der Waals surface area contributed by atoms with E-state index in [1.165, 1.54) is 16.7 Å². The highest BCUT2D eigenvalue weighted by Gasteiger charge is 1.99. The molecule has 0 aliphatic carbocycles. The Morgan fingerprint density at radius 2 is 2.00 bits per heavy atom. The molecule has 2 N–H and O–H groups in total. The van der Waals surface area contributed by atoms with E-state index in [-0.39, 0.29) is 0 Å². The van der Waals surface area contributed by atoms with Crippen LogP contribution in [0.15, 0.2) is 24.3 Å². The van der Waals surface area contributed by atoms with Gasteiger partial charge in [-0.25, -0.2) is 0 Å². The van der Waals surface area contributed by atoms with Gasteiger partial charge in [-0.3, -0.25) is 0 Å². The Hall–Kier alpha value is -1.24. The summed E-state index contributed by atoms with van der Waals surface area (Å²) in [6.45, 7) is 6.44. The van der Waals surface area contributed by atoms with Crippen molar-refractivity contribution in [3.63, 3.8) is 0 Å². The molecule has 0 radical (unpaired) electrons. The van der Waals surface area contributed by atoms with E-state index in [9.17, 15) is 0 Å². The molecule has 0 aliphatic heterocycles. The van der Waals surface area contributed by atoms with Crippen molar-refractivity contribution in [1.29, 1.82) is 0 Å². The van der Waals surface area contributed by atoms with Crippen LogP contribution >= 0.6 is 0 Å². The van der Waals surface area contributed by atoms with Gasteiger partial charge in [0.05, 0.1) is 0 Å². The number of nitrogen functional groups attached to an aromatic ring is 1. The number of allylic oxidation sites excluding steroid dienone is 2. The summed E-state index contributed by atoms with van der Waals surface area (Å²) in [6, 6.07) is 6.31. The lowest BCUT2D eigenvalue weighted by Gasteiger charge is -2.06. The van der Waals surface area contributed by atoms with Gasteiger partial charge < -0.3 is 5.73 Å². The lowest BCUT2D eigenvalue weighted by atomic mass is 10.0. The molecule has 1 aromatic carbocycles. The van der Waals surface area contributed by atoms with Crippen LogP contribution in [0, 0.1) is 0 Å². The molecule has 0 spiro atoms. The molecule has 76 valence electrons. The van der Waals surface area contributed by atoms with Crippen molar-refractivity contribution in [2.45, 2.75) is 33.6 Å². The lowest BCUT2D eigenvalue weighted by Crippen LogP contribution is -1.91. The van der Waals surface area contributed by atoms with Crippen molar-refractivity contribution in [1.82, 2.24) is 0 Å². The van der Waals surface area contributed by atoms with Crippen LogP contribution in [0.1, 0.15) is 38.3 Å². The van der Waals surface area contributed by atoms with Crippen molar-refractivity contribution < 1.29 is 0 Å². The summed E-state index contributed by atoms with van der Waals surface area (Å²) in [5.74, 6) is 0. The molecule has 1 rings (SSSR count). The van der Waals surface area contributed by atoms with Crippen LogP contribution in [-0.2, 0) is 6.42 Å². The van der Waals surface area contributed by atoms with Crippen LogP contribution in [-0.4, -0.2) is 0 Å². The third kappa shape index (κ3) is 2.63. The van der Waals surface area contributed by atoms with E-state index in [0.29, 0.717) is 0 Å². The summed E-state index contributed by atoms with van der Waals surface area (Å²) in [7, 11) is 0. The van der Waals surface area contributed by atoms with Crippen molar-refractivity contribution in [2.75, 3.05) is 5.73 Å². The molecule has 0 heterocycles. The van der Waals surface area contributed by atoms with Crippen LogP contribution in [0.2, 0.25) is 0 Å². The standard InChI is InChI=1S/C13H19N/c1-4-6-10(3)12-7-11(5-2)8-13(14)9-12/h6-9H,4-5,14H2,1-3H3/b10-6+. The monoisotopic (exact) mass is 189 g/mol. The van der Waals surface area contributed by atoms with Gasteiger partial charge >= 0.3 is 0 Å². The summed E-state index contributed by atoms with van der Waals surface area (Å²) in [5.41, 5.74) is 10.6. The highest BCUT2D eigenvalue weighted by atomic mass is 14.5. The molecular weight excluding hydrogens is 170 g/mol. The number of hydrogen-bond donors (Lipinski definition) is 1. The quantitative estimate of drug-likeness (QED) is 0.722. The zero-order valence-electron chi connectivity index (χ0n) is 9.30. The fraction of sp³-hybridized carbons (Fsp3) is 0.385. The highest BCUT2D eigenvalue weighted by molar-refractivity contribution is 5.67. The van der Waals surface area contributed by atoms with E-state index in [1.807, 2.05) is 12.1 Å². The Labute approximate surface area is 86.6 Å². The van der Waals surface area contributed by atoms with E-state index in [4.69, 9.17) is 5.73 Å². The Morgan fingerprint density at radius 3 is 2.57 bits per heavy atom. The lowest BCUT2D eigenvalue weighted by molar-refractivity contribution is 1.14. The Morgan fingerprint density at radius 1 is 1.29 bits per heavy atom. The van der Waals surface area contributed by atoms with E-state index < -0.39 is 0 Å². The molecule has 1 nitrogen and oxygen atoms in total. The molecule has 0 aromatic heterocycles. The molecule has 0 amide bonds. The van der Waals surface area contributed by atoms with Crippen LogP contribution in [0.3, 0.4) is 0 Å². The number of rotatable bonds is 3. The molecule has 0 atom stereocenters. The second-order valence-electron chi connectivity index (χ2n) is 3.61. The van der Waals surface area contributed by atoms with Gasteiger partial charge in [0, 0.05) is 5.69 Å². The first kappa shape index (κ1) is 10.8. The minimum absolute atomic E-state index is 0.864. The molecule has 0 unspecified atom stereocenters. The summed E-state index contributed by atoms with van der Waals surface area (Å²) >= 11 is 0. The van der Waals surface area contributed by atoms with E-state index >= 15 is 0 Å². The Kier molecular flexibility index (Phi) is 3.75. The molecule has 0 fully saturated rings. The minimum Gasteiger partial charge on any atom is -0.399 e. The molecule has 1 heteroatoms. The molecule has 0 aliphatic rings. The van der Waals surface area contributed by atoms with Crippen molar-refractivity contribution in [3.05, 3.63) is 35.4 Å². The van der Waals surface area contributed by atoms with Gasteiger partial charge in [0.25, 0.3) is 0 Å². The summed E-state index contributed by atoms with van der Waals surface area (Å²) in [6.07, 6.45) is 4.34. The van der Waals surface area contributed by atoms with Crippen LogP contribution in [0.4, 0.5) is 5.69 Å². The number of anilines is 1. The van der Waals surface area contributed by atoms with E-state index in [0.717, 1.165) is 18.5 Å². The average molecular weight is 189 g/mol. The van der Waals surface area contributed by atoms with Gasteiger partial charge in [-0.05, 0) is 48.6 Å². The van der Waals surface area contributed by atoms with Gasteiger partial charge in [0.15, 0.2) is 0 Å². The van der Waals surface area contributed by atoms with Crippen molar-refractivity contribution in [3.8, 4) is 0 Å². The zero-order valence-corrected chi connectivity index (χ0v) is 9.30.